The number of ether oxygens (including phenoxy) is 1. The molecule has 0 saturated heterocycles. The molecule has 1 N–H and O–H groups in total. The molecule has 2 rings (SSSR count). The first-order valence-corrected chi connectivity index (χ1v) is 8.32. The molecule has 1 atom stereocenters. The van der Waals surface area contributed by atoms with Gasteiger partial charge in [-0.3, -0.25) is 0 Å². The lowest BCUT2D eigenvalue weighted by Crippen LogP contribution is -1.97. The van der Waals surface area contributed by atoms with Crippen LogP contribution < -0.4 is 4.74 Å². The Morgan fingerprint density at radius 2 is 2.12 bits per heavy atom. The van der Waals surface area contributed by atoms with Gasteiger partial charge in [0.25, 0.3) is 0 Å². The highest BCUT2D eigenvalue weighted by atomic mass is 19.1. The second-order valence-electron chi connectivity index (χ2n) is 5.78. The van der Waals surface area contributed by atoms with Gasteiger partial charge in [-0.2, -0.15) is 0 Å². The largest absolute Gasteiger partial charge is 0.472 e. The average molecular weight is 342 g/mol. The van der Waals surface area contributed by atoms with E-state index in [1.165, 1.54) is 6.07 Å². The summed E-state index contributed by atoms with van der Waals surface area (Å²) in [7, 11) is 0. The van der Waals surface area contributed by atoms with Gasteiger partial charge in [0.15, 0.2) is 0 Å². The third kappa shape index (κ3) is 6.12. The Bertz CT molecular complexity index is 712. The van der Waals surface area contributed by atoms with Gasteiger partial charge in [0.2, 0.25) is 5.88 Å². The highest BCUT2D eigenvalue weighted by Gasteiger charge is 2.06. The van der Waals surface area contributed by atoms with Gasteiger partial charge in [-0.05, 0) is 38.3 Å². The van der Waals surface area contributed by atoms with E-state index in [4.69, 9.17) is 4.74 Å². The number of halogens is 1. The van der Waals surface area contributed by atoms with Crippen molar-refractivity contribution in [2.75, 3.05) is 6.61 Å². The minimum atomic E-state index is -0.307. The fourth-order valence-corrected chi connectivity index (χ4v) is 2.26. The minimum Gasteiger partial charge on any atom is -0.472 e. The Kier molecular flexibility index (Phi) is 7.29. The number of aliphatic hydroxyl groups is 1. The first-order valence-electron chi connectivity index (χ1n) is 8.32. The van der Waals surface area contributed by atoms with Crippen molar-refractivity contribution >= 4 is 6.08 Å². The van der Waals surface area contributed by atoms with Crippen molar-refractivity contribution in [2.45, 2.75) is 32.3 Å². The van der Waals surface area contributed by atoms with Crippen LogP contribution in [0.4, 0.5) is 4.39 Å². The predicted octanol–water partition coefficient (Wildman–Crippen LogP) is 4.41. The highest BCUT2D eigenvalue weighted by molar-refractivity contribution is 5.62. The maximum atomic E-state index is 14.2. The molecule has 25 heavy (non-hydrogen) atoms. The molecular formula is C20H23FN2O2. The van der Waals surface area contributed by atoms with Crippen LogP contribution in [0.3, 0.4) is 0 Å². The number of aliphatic hydroxyl groups excluding tert-OH is 1. The fraction of sp³-hybridized carbons (Fsp3) is 0.300. The van der Waals surface area contributed by atoms with Crippen LogP contribution in [0.25, 0.3) is 17.3 Å². The van der Waals surface area contributed by atoms with E-state index in [9.17, 15) is 9.50 Å². The molecule has 4 nitrogen and oxygen atoms in total. The summed E-state index contributed by atoms with van der Waals surface area (Å²) in [6.45, 7) is 5.70. The topological polar surface area (TPSA) is 55.2 Å². The van der Waals surface area contributed by atoms with Gasteiger partial charge >= 0.3 is 0 Å². The van der Waals surface area contributed by atoms with Crippen LogP contribution >= 0.6 is 0 Å². The number of nitrogens with zero attached hydrogens (tertiary/aromatic N) is 2. The molecule has 0 aliphatic heterocycles. The van der Waals surface area contributed by atoms with Crippen molar-refractivity contribution in [1.82, 2.24) is 10.2 Å². The van der Waals surface area contributed by atoms with Crippen LogP contribution in [-0.4, -0.2) is 28.0 Å². The molecule has 1 heterocycles. The van der Waals surface area contributed by atoms with Gasteiger partial charge in [0.05, 0.1) is 11.8 Å². The molecule has 1 aromatic carbocycles. The van der Waals surface area contributed by atoms with E-state index >= 15 is 0 Å². The third-order valence-electron chi connectivity index (χ3n) is 3.58. The molecule has 0 aliphatic rings. The Hall–Kier alpha value is -2.53. The van der Waals surface area contributed by atoms with E-state index in [1.807, 2.05) is 12.1 Å². The van der Waals surface area contributed by atoms with Gasteiger partial charge in [-0.1, -0.05) is 36.9 Å². The Labute approximate surface area is 147 Å². The van der Waals surface area contributed by atoms with Crippen LogP contribution in [0.15, 0.2) is 49.1 Å². The first-order chi connectivity index (χ1) is 12.1. The van der Waals surface area contributed by atoms with E-state index in [0.29, 0.717) is 29.3 Å². The zero-order valence-electron chi connectivity index (χ0n) is 14.4. The summed E-state index contributed by atoms with van der Waals surface area (Å²) >= 11 is 0. The molecule has 0 aliphatic carbocycles. The van der Waals surface area contributed by atoms with Gasteiger partial charge < -0.3 is 9.84 Å². The summed E-state index contributed by atoms with van der Waals surface area (Å²) < 4.78 is 19.5. The summed E-state index contributed by atoms with van der Waals surface area (Å²) in [5.41, 5.74) is 1.77. The fourth-order valence-electron chi connectivity index (χ4n) is 2.26. The van der Waals surface area contributed by atoms with Gasteiger partial charge in [-0.25, -0.2) is 4.39 Å². The second-order valence-corrected chi connectivity index (χ2v) is 5.78. The monoisotopic (exact) mass is 342 g/mol. The lowest BCUT2D eigenvalue weighted by atomic mass is 10.1. The van der Waals surface area contributed by atoms with Crippen molar-refractivity contribution in [1.29, 1.82) is 0 Å². The average Bonchev–Trinajstić information content (AvgIpc) is 2.61. The van der Waals surface area contributed by atoms with Gasteiger partial charge in [-0.15, -0.1) is 10.2 Å². The molecule has 1 aromatic heterocycles. The second kappa shape index (κ2) is 9.69. The number of hydrogen-bond donors (Lipinski definition) is 1. The molecule has 0 amide bonds. The quantitative estimate of drug-likeness (QED) is 0.542. The van der Waals surface area contributed by atoms with Crippen LogP contribution in [0.5, 0.6) is 5.88 Å². The molecule has 0 radical (unpaired) electrons. The lowest BCUT2D eigenvalue weighted by Gasteiger charge is -2.05. The van der Waals surface area contributed by atoms with Gasteiger partial charge in [0.1, 0.15) is 12.4 Å². The van der Waals surface area contributed by atoms with E-state index in [-0.39, 0.29) is 11.9 Å². The van der Waals surface area contributed by atoms with Crippen LogP contribution in [0.1, 0.15) is 31.7 Å². The molecular weight excluding hydrogens is 319 g/mol. The normalized spacial score (nSPS) is 12.3. The molecule has 1 unspecified atom stereocenters. The van der Waals surface area contributed by atoms with Crippen molar-refractivity contribution in [3.8, 4) is 17.1 Å². The smallest absolute Gasteiger partial charge is 0.233 e. The molecule has 0 fully saturated rings. The minimum absolute atomic E-state index is 0.293. The first kappa shape index (κ1) is 18.8. The Morgan fingerprint density at radius 3 is 2.76 bits per heavy atom. The predicted molar refractivity (Wildman–Crippen MR) is 97.7 cm³/mol. The van der Waals surface area contributed by atoms with Crippen molar-refractivity contribution in [3.63, 3.8) is 0 Å². The number of allylic oxidation sites excluding steroid dienone is 1. The van der Waals surface area contributed by atoms with Crippen LogP contribution in [0.2, 0.25) is 0 Å². The maximum absolute atomic E-state index is 14.2. The number of hydrogen-bond acceptors (Lipinski definition) is 4. The SMILES string of the molecule is C=CCOc1ccc(-c2ccc(C=CCCCC(C)O)c(F)c2)nn1. The summed E-state index contributed by atoms with van der Waals surface area (Å²) in [6, 6.07) is 8.42. The van der Waals surface area contributed by atoms with E-state index in [0.717, 1.165) is 19.3 Å². The number of rotatable bonds is 9. The third-order valence-corrected chi connectivity index (χ3v) is 3.58. The van der Waals surface area contributed by atoms with E-state index < -0.39 is 0 Å². The molecule has 2 aromatic rings. The molecule has 5 heteroatoms. The molecule has 0 spiro atoms. The highest BCUT2D eigenvalue weighted by Crippen LogP contribution is 2.21. The zero-order valence-corrected chi connectivity index (χ0v) is 14.4. The molecule has 132 valence electrons. The standard InChI is InChI=1S/C20H23FN2O2/c1-3-13-25-20-12-11-19(22-23-20)17-10-9-16(18(21)14-17)8-6-4-5-7-15(2)24/h3,6,8-12,14-15,24H,1,4-5,7,13H2,2H3. The molecule has 0 saturated carbocycles. The summed E-state index contributed by atoms with van der Waals surface area (Å²) in [6.07, 6.45) is 7.45. The Balaban J connectivity index is 2.00. The summed E-state index contributed by atoms with van der Waals surface area (Å²) in [5, 5.41) is 17.2. The van der Waals surface area contributed by atoms with E-state index in [2.05, 4.69) is 16.8 Å². The number of aromatic nitrogens is 2. The zero-order chi connectivity index (χ0) is 18.1. The van der Waals surface area contributed by atoms with Gasteiger partial charge in [0, 0.05) is 17.2 Å². The summed E-state index contributed by atoms with van der Waals surface area (Å²) in [5.74, 6) is 0.0962. The van der Waals surface area contributed by atoms with Crippen molar-refractivity contribution < 1.29 is 14.2 Å². The number of benzene rings is 1. The number of unbranched alkanes of at least 4 members (excludes halogenated alkanes) is 1. The van der Waals surface area contributed by atoms with Crippen LogP contribution in [0, 0.1) is 5.82 Å². The summed E-state index contributed by atoms with van der Waals surface area (Å²) in [4.78, 5) is 0. The maximum Gasteiger partial charge on any atom is 0.233 e. The van der Waals surface area contributed by atoms with Crippen LogP contribution in [-0.2, 0) is 0 Å². The van der Waals surface area contributed by atoms with E-state index in [1.54, 1.807) is 37.3 Å². The van der Waals surface area contributed by atoms with Crippen molar-refractivity contribution in [2.24, 2.45) is 0 Å². The lowest BCUT2D eigenvalue weighted by molar-refractivity contribution is 0.182. The molecule has 0 bridgehead atoms. The Morgan fingerprint density at radius 1 is 1.28 bits per heavy atom. The van der Waals surface area contributed by atoms with Crippen molar-refractivity contribution in [3.05, 3.63) is 60.4 Å².